The number of aromatic nitrogens is 1. The van der Waals surface area contributed by atoms with E-state index in [1.807, 2.05) is 0 Å². The first kappa shape index (κ1) is 15.2. The molecular formula is C16H19ClN2O3. The van der Waals surface area contributed by atoms with Crippen LogP contribution in [-0.2, 0) is 11.3 Å². The van der Waals surface area contributed by atoms with Gasteiger partial charge in [-0.15, -0.1) is 0 Å². The zero-order valence-corrected chi connectivity index (χ0v) is 13.2. The molecule has 1 saturated carbocycles. The second-order valence-electron chi connectivity index (χ2n) is 6.00. The van der Waals surface area contributed by atoms with E-state index in [-0.39, 0.29) is 18.5 Å². The molecule has 118 valence electrons. The third kappa shape index (κ3) is 3.04. The minimum absolute atomic E-state index is 0.0462. The number of oxazole rings is 1. The summed E-state index contributed by atoms with van der Waals surface area (Å²) in [5, 5.41) is 3.54. The fourth-order valence-corrected chi connectivity index (χ4v) is 3.28. The van der Waals surface area contributed by atoms with E-state index >= 15 is 0 Å². The van der Waals surface area contributed by atoms with Crippen LogP contribution in [0.1, 0.15) is 32.6 Å². The van der Waals surface area contributed by atoms with Crippen molar-refractivity contribution in [2.75, 3.05) is 0 Å². The van der Waals surface area contributed by atoms with Crippen LogP contribution in [0.4, 0.5) is 0 Å². The van der Waals surface area contributed by atoms with Crippen molar-refractivity contribution in [2.24, 2.45) is 5.92 Å². The first-order valence-electron chi connectivity index (χ1n) is 7.63. The van der Waals surface area contributed by atoms with Crippen LogP contribution in [0.5, 0.6) is 0 Å². The Hall–Kier alpha value is -1.75. The SMILES string of the molecule is C[C@H]1CCCC[C@H]1NC(=O)Cn1c(=O)oc2ccc(Cl)cc21. The monoisotopic (exact) mass is 322 g/mol. The molecule has 5 nitrogen and oxygen atoms in total. The van der Waals surface area contributed by atoms with Crippen molar-refractivity contribution in [3.05, 3.63) is 33.8 Å². The highest BCUT2D eigenvalue weighted by molar-refractivity contribution is 6.31. The Kier molecular flexibility index (Phi) is 4.25. The lowest BCUT2D eigenvalue weighted by molar-refractivity contribution is -0.123. The zero-order chi connectivity index (χ0) is 15.7. The van der Waals surface area contributed by atoms with Gasteiger partial charge in [0.25, 0.3) is 0 Å². The minimum Gasteiger partial charge on any atom is -0.408 e. The van der Waals surface area contributed by atoms with Crippen LogP contribution in [0.15, 0.2) is 27.4 Å². The van der Waals surface area contributed by atoms with Crippen molar-refractivity contribution in [3.63, 3.8) is 0 Å². The topological polar surface area (TPSA) is 64.2 Å². The summed E-state index contributed by atoms with van der Waals surface area (Å²) in [6, 6.07) is 5.12. The number of carbonyl (C=O) groups excluding carboxylic acids is 1. The van der Waals surface area contributed by atoms with E-state index in [1.54, 1.807) is 18.2 Å². The average molecular weight is 323 g/mol. The summed E-state index contributed by atoms with van der Waals surface area (Å²) in [5.41, 5.74) is 0.984. The molecule has 6 heteroatoms. The number of nitrogens with zero attached hydrogens (tertiary/aromatic N) is 1. The molecule has 1 N–H and O–H groups in total. The van der Waals surface area contributed by atoms with Crippen molar-refractivity contribution in [1.82, 2.24) is 9.88 Å². The van der Waals surface area contributed by atoms with Crippen LogP contribution in [0.3, 0.4) is 0 Å². The normalized spacial score (nSPS) is 21.9. The Morgan fingerprint density at radius 1 is 1.41 bits per heavy atom. The van der Waals surface area contributed by atoms with E-state index in [0.717, 1.165) is 19.3 Å². The van der Waals surface area contributed by atoms with E-state index in [1.165, 1.54) is 11.0 Å². The Morgan fingerprint density at radius 3 is 2.95 bits per heavy atom. The van der Waals surface area contributed by atoms with Gasteiger partial charge in [0.15, 0.2) is 5.58 Å². The van der Waals surface area contributed by atoms with Crippen LogP contribution in [0.25, 0.3) is 11.1 Å². The van der Waals surface area contributed by atoms with Gasteiger partial charge in [0.2, 0.25) is 5.91 Å². The van der Waals surface area contributed by atoms with Gasteiger partial charge < -0.3 is 9.73 Å². The highest BCUT2D eigenvalue weighted by atomic mass is 35.5. The van der Waals surface area contributed by atoms with Gasteiger partial charge in [0.05, 0.1) is 5.52 Å². The molecule has 1 aromatic carbocycles. The van der Waals surface area contributed by atoms with Crippen molar-refractivity contribution < 1.29 is 9.21 Å². The first-order valence-corrected chi connectivity index (χ1v) is 8.00. The van der Waals surface area contributed by atoms with Crippen LogP contribution >= 0.6 is 11.6 Å². The third-order valence-electron chi connectivity index (χ3n) is 4.39. The lowest BCUT2D eigenvalue weighted by Gasteiger charge is -2.29. The maximum Gasteiger partial charge on any atom is 0.420 e. The summed E-state index contributed by atoms with van der Waals surface area (Å²) in [6.45, 7) is 2.11. The molecule has 1 aliphatic carbocycles. The average Bonchev–Trinajstić information content (AvgIpc) is 2.77. The molecule has 22 heavy (non-hydrogen) atoms. The van der Waals surface area contributed by atoms with Crippen LogP contribution < -0.4 is 11.1 Å². The van der Waals surface area contributed by atoms with Gasteiger partial charge in [-0.1, -0.05) is 31.4 Å². The molecule has 1 amide bonds. The molecule has 0 aliphatic heterocycles. The van der Waals surface area contributed by atoms with E-state index in [4.69, 9.17) is 16.0 Å². The van der Waals surface area contributed by atoms with Crippen molar-refractivity contribution in [2.45, 2.75) is 45.2 Å². The lowest BCUT2D eigenvalue weighted by Crippen LogP contribution is -2.43. The molecule has 1 aromatic heterocycles. The largest absolute Gasteiger partial charge is 0.420 e. The molecule has 2 aromatic rings. The number of nitrogens with one attached hydrogen (secondary N) is 1. The smallest absolute Gasteiger partial charge is 0.408 e. The fourth-order valence-electron chi connectivity index (χ4n) is 3.11. The quantitative estimate of drug-likeness (QED) is 0.945. The molecule has 1 fully saturated rings. The Balaban J connectivity index is 1.78. The van der Waals surface area contributed by atoms with Gasteiger partial charge >= 0.3 is 5.76 Å². The predicted molar refractivity (Wildman–Crippen MR) is 85.0 cm³/mol. The molecule has 2 atom stereocenters. The maximum atomic E-state index is 12.3. The molecule has 1 heterocycles. The van der Waals surface area contributed by atoms with E-state index < -0.39 is 5.76 Å². The lowest BCUT2D eigenvalue weighted by atomic mass is 9.86. The van der Waals surface area contributed by atoms with Crippen LogP contribution in [0.2, 0.25) is 5.02 Å². The van der Waals surface area contributed by atoms with Gasteiger partial charge in [-0.2, -0.15) is 0 Å². The summed E-state index contributed by atoms with van der Waals surface area (Å²) in [7, 11) is 0. The van der Waals surface area contributed by atoms with Gasteiger partial charge in [0.1, 0.15) is 6.54 Å². The highest BCUT2D eigenvalue weighted by Gasteiger charge is 2.23. The molecule has 0 unspecified atom stereocenters. The number of carbonyl (C=O) groups is 1. The second-order valence-corrected chi connectivity index (χ2v) is 6.44. The Morgan fingerprint density at radius 2 is 2.18 bits per heavy atom. The highest BCUT2D eigenvalue weighted by Crippen LogP contribution is 2.24. The summed E-state index contributed by atoms with van der Waals surface area (Å²) in [4.78, 5) is 24.2. The summed E-state index contributed by atoms with van der Waals surface area (Å²) >= 11 is 5.95. The Labute approximate surface area is 133 Å². The number of rotatable bonds is 3. The minimum atomic E-state index is -0.538. The second kappa shape index (κ2) is 6.16. The number of amides is 1. The van der Waals surface area contributed by atoms with E-state index in [0.29, 0.717) is 22.0 Å². The van der Waals surface area contributed by atoms with Crippen LogP contribution in [0, 0.1) is 5.92 Å². The molecular weight excluding hydrogens is 304 g/mol. The summed E-state index contributed by atoms with van der Waals surface area (Å²) in [6.07, 6.45) is 4.49. The summed E-state index contributed by atoms with van der Waals surface area (Å²) < 4.78 is 6.46. The first-order chi connectivity index (χ1) is 10.5. The molecule has 0 bridgehead atoms. The number of halogens is 1. The molecule has 0 spiro atoms. The standard InChI is InChI=1S/C16H19ClN2O3/c1-10-4-2-3-5-12(10)18-15(20)9-19-13-8-11(17)6-7-14(13)22-16(19)21/h6-8,10,12H,2-5,9H2,1H3,(H,18,20)/t10-,12+/m0/s1. The van der Waals surface area contributed by atoms with Crippen LogP contribution in [-0.4, -0.2) is 16.5 Å². The Bertz CT molecular complexity index is 749. The molecule has 1 aliphatic rings. The van der Waals surface area contributed by atoms with Gasteiger partial charge in [-0.3, -0.25) is 9.36 Å². The van der Waals surface area contributed by atoms with Crippen molar-refractivity contribution in [1.29, 1.82) is 0 Å². The van der Waals surface area contributed by atoms with Gasteiger partial charge in [0, 0.05) is 11.1 Å². The number of benzene rings is 1. The van der Waals surface area contributed by atoms with E-state index in [2.05, 4.69) is 12.2 Å². The van der Waals surface area contributed by atoms with Crippen molar-refractivity contribution >= 4 is 28.6 Å². The summed E-state index contributed by atoms with van der Waals surface area (Å²) in [5.74, 6) is -0.224. The number of hydrogen-bond donors (Lipinski definition) is 1. The van der Waals surface area contributed by atoms with E-state index in [9.17, 15) is 9.59 Å². The fraction of sp³-hybridized carbons (Fsp3) is 0.500. The number of fused-ring (bicyclic) bond motifs is 1. The van der Waals surface area contributed by atoms with Gasteiger partial charge in [-0.25, -0.2) is 4.79 Å². The predicted octanol–water partition coefficient (Wildman–Crippen LogP) is 2.94. The third-order valence-corrected chi connectivity index (χ3v) is 4.62. The molecule has 0 saturated heterocycles. The molecule has 0 radical (unpaired) electrons. The number of hydrogen-bond acceptors (Lipinski definition) is 3. The maximum absolute atomic E-state index is 12.3. The molecule has 3 rings (SSSR count). The van der Waals surface area contributed by atoms with Gasteiger partial charge in [-0.05, 0) is 37.0 Å². The van der Waals surface area contributed by atoms with Crippen molar-refractivity contribution in [3.8, 4) is 0 Å². The zero-order valence-electron chi connectivity index (χ0n) is 12.5.